The molecule has 32 heavy (non-hydrogen) atoms. The summed E-state index contributed by atoms with van der Waals surface area (Å²) in [5, 5.41) is 3.39. The normalized spacial score (nSPS) is 15.3. The van der Waals surface area contributed by atoms with E-state index in [0.29, 0.717) is 29.6 Å². The van der Waals surface area contributed by atoms with Gasteiger partial charge in [-0.05, 0) is 50.6 Å². The molecule has 0 atom stereocenters. The van der Waals surface area contributed by atoms with Gasteiger partial charge in [0.15, 0.2) is 0 Å². The van der Waals surface area contributed by atoms with Crippen molar-refractivity contribution in [3.8, 4) is 0 Å². The van der Waals surface area contributed by atoms with Crippen molar-refractivity contribution in [2.75, 3.05) is 45.8 Å². The van der Waals surface area contributed by atoms with Crippen molar-refractivity contribution in [3.63, 3.8) is 0 Å². The molecule has 0 saturated carbocycles. The Bertz CT molecular complexity index is 1000. The number of benzene rings is 1. The second kappa shape index (κ2) is 12.0. The molecule has 0 bridgehead atoms. The van der Waals surface area contributed by atoms with Gasteiger partial charge in [0, 0.05) is 44.8 Å². The van der Waals surface area contributed by atoms with Crippen LogP contribution in [0.4, 0.5) is 0 Å². The monoisotopic (exact) mass is 443 g/mol. The second-order valence-electron chi connectivity index (χ2n) is 8.65. The number of hydrogen-bond acceptors (Lipinski definition) is 5. The summed E-state index contributed by atoms with van der Waals surface area (Å²) in [4.78, 5) is 45.3. The fourth-order valence-electron chi connectivity index (χ4n) is 4.28. The summed E-state index contributed by atoms with van der Waals surface area (Å²) >= 11 is 0. The van der Waals surface area contributed by atoms with Crippen molar-refractivity contribution in [1.29, 1.82) is 0 Å². The Balaban J connectivity index is 1.53. The lowest BCUT2D eigenvalue weighted by molar-refractivity contribution is 0.0948. The van der Waals surface area contributed by atoms with Crippen LogP contribution in [0.25, 0.3) is 10.9 Å². The molecular formula is C24H37N5O3. The third kappa shape index (κ3) is 6.29. The minimum absolute atomic E-state index is 0.187. The number of aromatic nitrogens is 2. The lowest BCUT2D eigenvalue weighted by Crippen LogP contribution is -2.47. The molecule has 1 amide bonds. The molecule has 1 aromatic heterocycles. The highest BCUT2D eigenvalue weighted by Gasteiger charge is 2.16. The first-order chi connectivity index (χ1) is 15.5. The first kappa shape index (κ1) is 24.2. The average molecular weight is 444 g/mol. The Morgan fingerprint density at radius 3 is 2.34 bits per heavy atom. The first-order valence-electron chi connectivity index (χ1n) is 12.0. The number of nitrogens with one attached hydrogen (secondary N) is 2. The highest BCUT2D eigenvalue weighted by Crippen LogP contribution is 2.10. The zero-order valence-electron chi connectivity index (χ0n) is 19.5. The molecule has 2 aromatic rings. The molecule has 0 spiro atoms. The number of carbonyl (C=O) groups is 1. The summed E-state index contributed by atoms with van der Waals surface area (Å²) < 4.78 is 1.25. The van der Waals surface area contributed by atoms with E-state index in [4.69, 9.17) is 0 Å². The van der Waals surface area contributed by atoms with Crippen molar-refractivity contribution in [3.05, 3.63) is 44.6 Å². The Morgan fingerprint density at radius 2 is 1.66 bits per heavy atom. The zero-order chi connectivity index (χ0) is 22.9. The summed E-state index contributed by atoms with van der Waals surface area (Å²) in [6.07, 6.45) is 4.88. The number of unbranched alkanes of at least 4 members (excludes halogenated alkanes) is 2. The van der Waals surface area contributed by atoms with Gasteiger partial charge in [-0.3, -0.25) is 14.2 Å². The van der Waals surface area contributed by atoms with Crippen LogP contribution in [0.1, 0.15) is 56.3 Å². The summed E-state index contributed by atoms with van der Waals surface area (Å²) in [6, 6.07) is 4.88. The van der Waals surface area contributed by atoms with Gasteiger partial charge < -0.3 is 20.1 Å². The van der Waals surface area contributed by atoms with E-state index in [1.807, 2.05) is 0 Å². The van der Waals surface area contributed by atoms with E-state index in [1.54, 1.807) is 18.2 Å². The highest BCUT2D eigenvalue weighted by molar-refractivity contribution is 5.97. The highest BCUT2D eigenvalue weighted by atomic mass is 16.2. The van der Waals surface area contributed by atoms with Crippen LogP contribution in [0.5, 0.6) is 0 Å². The molecule has 8 nitrogen and oxygen atoms in total. The average Bonchev–Trinajstić information content (AvgIpc) is 2.79. The lowest BCUT2D eigenvalue weighted by Gasteiger charge is -2.34. The Morgan fingerprint density at radius 1 is 0.938 bits per heavy atom. The van der Waals surface area contributed by atoms with Gasteiger partial charge in [-0.1, -0.05) is 26.7 Å². The molecular weight excluding hydrogens is 406 g/mol. The number of amides is 1. The standard InChI is InChI=1S/C24H37N5O3/c1-3-5-6-13-29-23(31)20-9-8-19(18-21(20)26-24(29)32)22(30)25-10-7-12-28-16-14-27(11-4-2)15-17-28/h8-9,18H,3-7,10-17H2,1-2H3,(H,25,30)(H,26,32). The van der Waals surface area contributed by atoms with E-state index in [2.05, 4.69) is 33.9 Å². The minimum Gasteiger partial charge on any atom is -0.352 e. The smallest absolute Gasteiger partial charge is 0.328 e. The van der Waals surface area contributed by atoms with E-state index in [1.165, 1.54) is 17.5 Å². The van der Waals surface area contributed by atoms with Gasteiger partial charge in [-0.2, -0.15) is 0 Å². The van der Waals surface area contributed by atoms with Gasteiger partial charge in [-0.15, -0.1) is 0 Å². The fraction of sp³-hybridized carbons (Fsp3) is 0.625. The van der Waals surface area contributed by atoms with Crippen LogP contribution in [0, 0.1) is 0 Å². The molecule has 1 aliphatic heterocycles. The number of carbonyl (C=O) groups excluding carboxylic acids is 1. The molecule has 1 saturated heterocycles. The van der Waals surface area contributed by atoms with Crippen molar-refractivity contribution in [2.45, 2.75) is 52.5 Å². The predicted octanol–water partition coefficient (Wildman–Crippen LogP) is 2.03. The second-order valence-corrected chi connectivity index (χ2v) is 8.65. The molecule has 1 aliphatic rings. The molecule has 0 radical (unpaired) electrons. The van der Waals surface area contributed by atoms with E-state index in [-0.39, 0.29) is 11.5 Å². The molecule has 2 heterocycles. The number of fused-ring (bicyclic) bond motifs is 1. The van der Waals surface area contributed by atoms with Gasteiger partial charge in [-0.25, -0.2) is 4.79 Å². The number of rotatable bonds is 11. The van der Waals surface area contributed by atoms with Gasteiger partial charge in [0.25, 0.3) is 11.5 Å². The number of hydrogen-bond donors (Lipinski definition) is 2. The summed E-state index contributed by atoms with van der Waals surface area (Å²) in [5.41, 5.74) is 0.134. The molecule has 0 unspecified atom stereocenters. The van der Waals surface area contributed by atoms with Gasteiger partial charge in [0.05, 0.1) is 10.9 Å². The van der Waals surface area contributed by atoms with Crippen molar-refractivity contribution in [2.24, 2.45) is 0 Å². The molecule has 2 N–H and O–H groups in total. The summed E-state index contributed by atoms with van der Waals surface area (Å²) in [7, 11) is 0. The van der Waals surface area contributed by atoms with Crippen molar-refractivity contribution < 1.29 is 4.79 Å². The maximum absolute atomic E-state index is 12.7. The number of nitrogens with zero attached hydrogens (tertiary/aromatic N) is 3. The molecule has 3 rings (SSSR count). The van der Waals surface area contributed by atoms with Gasteiger partial charge in [0.1, 0.15) is 0 Å². The van der Waals surface area contributed by atoms with E-state index < -0.39 is 5.69 Å². The lowest BCUT2D eigenvalue weighted by atomic mass is 10.1. The quantitative estimate of drug-likeness (QED) is 0.519. The maximum Gasteiger partial charge on any atom is 0.328 e. The van der Waals surface area contributed by atoms with Crippen LogP contribution < -0.4 is 16.6 Å². The van der Waals surface area contributed by atoms with Crippen LogP contribution in [-0.2, 0) is 6.54 Å². The third-order valence-electron chi connectivity index (χ3n) is 6.17. The number of H-pyrrole nitrogens is 1. The summed E-state index contributed by atoms with van der Waals surface area (Å²) in [5.74, 6) is -0.187. The summed E-state index contributed by atoms with van der Waals surface area (Å²) in [6.45, 7) is 11.9. The van der Waals surface area contributed by atoms with Crippen LogP contribution >= 0.6 is 0 Å². The predicted molar refractivity (Wildman–Crippen MR) is 128 cm³/mol. The number of aromatic amines is 1. The van der Waals surface area contributed by atoms with Crippen LogP contribution in [0.3, 0.4) is 0 Å². The molecule has 0 aliphatic carbocycles. The SMILES string of the molecule is CCCCCn1c(=O)[nH]c2cc(C(=O)NCCCN3CCN(CCC)CC3)ccc2c1=O. The fourth-order valence-corrected chi connectivity index (χ4v) is 4.28. The largest absolute Gasteiger partial charge is 0.352 e. The van der Waals surface area contributed by atoms with Crippen molar-refractivity contribution >= 4 is 16.8 Å². The molecule has 8 heteroatoms. The van der Waals surface area contributed by atoms with Crippen LogP contribution in [0.2, 0.25) is 0 Å². The first-order valence-corrected chi connectivity index (χ1v) is 12.0. The Kier molecular flexibility index (Phi) is 9.05. The molecule has 1 fully saturated rings. The topological polar surface area (TPSA) is 90.4 Å². The van der Waals surface area contributed by atoms with E-state index in [9.17, 15) is 14.4 Å². The molecule has 176 valence electrons. The molecule has 1 aromatic carbocycles. The van der Waals surface area contributed by atoms with Crippen molar-refractivity contribution in [1.82, 2.24) is 24.7 Å². The zero-order valence-corrected chi connectivity index (χ0v) is 19.5. The van der Waals surface area contributed by atoms with Crippen LogP contribution in [0.15, 0.2) is 27.8 Å². The Labute approximate surface area is 189 Å². The Hall–Kier alpha value is -2.45. The van der Waals surface area contributed by atoms with E-state index in [0.717, 1.165) is 58.4 Å². The van der Waals surface area contributed by atoms with Crippen LogP contribution in [-0.4, -0.2) is 71.1 Å². The minimum atomic E-state index is -0.421. The maximum atomic E-state index is 12.7. The van der Waals surface area contributed by atoms with Gasteiger partial charge in [0.2, 0.25) is 0 Å². The number of piperazine rings is 1. The van der Waals surface area contributed by atoms with Gasteiger partial charge >= 0.3 is 5.69 Å². The van der Waals surface area contributed by atoms with E-state index >= 15 is 0 Å². The third-order valence-corrected chi connectivity index (χ3v) is 6.17.